The second-order valence-corrected chi connectivity index (χ2v) is 5.09. The van der Waals surface area contributed by atoms with E-state index >= 15 is 0 Å². The normalized spacial score (nSPS) is 25.7. The Morgan fingerprint density at radius 2 is 2.17 bits per heavy atom. The van der Waals surface area contributed by atoms with E-state index in [2.05, 4.69) is 24.4 Å². The molecule has 1 fully saturated rings. The minimum absolute atomic E-state index is 0.238. The molecule has 1 aromatic heterocycles. The Kier molecular flexibility index (Phi) is 3.10. The molecule has 1 saturated heterocycles. The van der Waals surface area contributed by atoms with Gasteiger partial charge in [-0.1, -0.05) is 18.2 Å². The molecule has 3 heteroatoms. The summed E-state index contributed by atoms with van der Waals surface area (Å²) >= 11 is 0. The highest BCUT2D eigenvalue weighted by atomic mass is 16.5. The van der Waals surface area contributed by atoms with Crippen LogP contribution in [0.15, 0.2) is 34.7 Å². The zero-order valence-corrected chi connectivity index (χ0v) is 10.8. The summed E-state index contributed by atoms with van der Waals surface area (Å²) in [6.45, 7) is 2.94. The molecule has 3 unspecified atom stereocenters. The van der Waals surface area contributed by atoms with E-state index in [0.29, 0.717) is 12.0 Å². The second-order valence-electron chi connectivity index (χ2n) is 5.09. The summed E-state index contributed by atoms with van der Waals surface area (Å²) in [6.07, 6.45) is 1.44. The van der Waals surface area contributed by atoms with Crippen molar-refractivity contribution in [2.24, 2.45) is 5.92 Å². The van der Waals surface area contributed by atoms with Crippen molar-refractivity contribution in [3.05, 3.63) is 36.1 Å². The fourth-order valence-corrected chi connectivity index (χ4v) is 2.85. The number of para-hydroxylation sites is 1. The molecule has 1 aromatic carbocycles. The number of hydrogen-bond donors (Lipinski definition) is 1. The molecule has 0 radical (unpaired) electrons. The minimum Gasteiger partial charge on any atom is -0.459 e. The molecule has 3 nitrogen and oxygen atoms in total. The van der Waals surface area contributed by atoms with Gasteiger partial charge in [-0.2, -0.15) is 0 Å². The Morgan fingerprint density at radius 1 is 1.33 bits per heavy atom. The van der Waals surface area contributed by atoms with Gasteiger partial charge in [-0.05, 0) is 32.5 Å². The Morgan fingerprint density at radius 3 is 2.83 bits per heavy atom. The highest BCUT2D eigenvalue weighted by Crippen LogP contribution is 2.34. The van der Waals surface area contributed by atoms with Crippen molar-refractivity contribution in [3.63, 3.8) is 0 Å². The molecule has 0 bridgehead atoms. The van der Waals surface area contributed by atoms with Crippen molar-refractivity contribution in [1.82, 2.24) is 5.32 Å². The van der Waals surface area contributed by atoms with Crippen molar-refractivity contribution in [2.75, 3.05) is 13.7 Å². The molecule has 0 saturated carbocycles. The molecule has 3 atom stereocenters. The van der Waals surface area contributed by atoms with Gasteiger partial charge in [0.25, 0.3) is 0 Å². The van der Waals surface area contributed by atoms with Crippen LogP contribution < -0.4 is 5.32 Å². The van der Waals surface area contributed by atoms with Crippen LogP contribution in [0.25, 0.3) is 11.0 Å². The first kappa shape index (κ1) is 11.8. The van der Waals surface area contributed by atoms with Gasteiger partial charge in [-0.25, -0.2) is 0 Å². The third-order valence-corrected chi connectivity index (χ3v) is 3.76. The van der Waals surface area contributed by atoms with E-state index in [9.17, 15) is 0 Å². The quantitative estimate of drug-likeness (QED) is 0.902. The lowest BCUT2D eigenvalue weighted by molar-refractivity contribution is 0.116. The van der Waals surface area contributed by atoms with Crippen molar-refractivity contribution in [1.29, 1.82) is 0 Å². The third-order valence-electron chi connectivity index (χ3n) is 3.76. The first-order valence-electron chi connectivity index (χ1n) is 6.55. The van der Waals surface area contributed by atoms with E-state index < -0.39 is 0 Å². The first-order valence-corrected chi connectivity index (χ1v) is 6.55. The Hall–Kier alpha value is -1.32. The second kappa shape index (κ2) is 4.75. The fourth-order valence-electron chi connectivity index (χ4n) is 2.85. The van der Waals surface area contributed by atoms with E-state index in [-0.39, 0.29) is 6.04 Å². The van der Waals surface area contributed by atoms with Gasteiger partial charge in [-0.3, -0.25) is 0 Å². The molecule has 0 amide bonds. The summed E-state index contributed by atoms with van der Waals surface area (Å²) < 4.78 is 11.6. The predicted octanol–water partition coefficient (Wildman–Crippen LogP) is 3.12. The smallest absolute Gasteiger partial charge is 0.134 e. The standard InChI is InChI=1S/C15H19NO2/c1-10-7-12(9-17-10)15(16-2)14-8-11-5-3-4-6-13(11)18-14/h3-6,8,10,12,15-16H,7,9H2,1-2H3. The zero-order valence-electron chi connectivity index (χ0n) is 10.8. The van der Waals surface area contributed by atoms with Crippen molar-refractivity contribution in [2.45, 2.75) is 25.5 Å². The van der Waals surface area contributed by atoms with Gasteiger partial charge in [0.15, 0.2) is 0 Å². The van der Waals surface area contributed by atoms with Crippen LogP contribution in [0.3, 0.4) is 0 Å². The van der Waals surface area contributed by atoms with Gasteiger partial charge < -0.3 is 14.5 Å². The van der Waals surface area contributed by atoms with E-state index in [1.165, 1.54) is 5.39 Å². The molecule has 1 N–H and O–H groups in total. The van der Waals surface area contributed by atoms with Crippen LogP contribution in [0, 0.1) is 5.92 Å². The van der Waals surface area contributed by atoms with Gasteiger partial charge in [0.2, 0.25) is 0 Å². The van der Waals surface area contributed by atoms with Gasteiger partial charge >= 0.3 is 0 Å². The van der Waals surface area contributed by atoms with Gasteiger partial charge in [0, 0.05) is 11.3 Å². The Labute approximate surface area is 107 Å². The number of ether oxygens (including phenoxy) is 1. The average molecular weight is 245 g/mol. The van der Waals surface area contributed by atoms with Crippen LogP contribution in [0.4, 0.5) is 0 Å². The lowest BCUT2D eigenvalue weighted by Crippen LogP contribution is -2.25. The molecule has 96 valence electrons. The molecule has 1 aliphatic rings. The highest BCUT2D eigenvalue weighted by molar-refractivity contribution is 5.77. The average Bonchev–Trinajstić information content (AvgIpc) is 2.96. The van der Waals surface area contributed by atoms with E-state index in [1.807, 2.05) is 25.2 Å². The molecular formula is C15H19NO2. The molecular weight excluding hydrogens is 226 g/mol. The summed E-state index contributed by atoms with van der Waals surface area (Å²) in [5.41, 5.74) is 0.958. The monoisotopic (exact) mass is 245 g/mol. The summed E-state index contributed by atoms with van der Waals surface area (Å²) in [6, 6.07) is 10.5. The maximum Gasteiger partial charge on any atom is 0.134 e. The minimum atomic E-state index is 0.238. The molecule has 0 spiro atoms. The summed E-state index contributed by atoms with van der Waals surface area (Å²) in [7, 11) is 1.99. The number of hydrogen-bond acceptors (Lipinski definition) is 3. The van der Waals surface area contributed by atoms with E-state index in [1.54, 1.807) is 0 Å². The van der Waals surface area contributed by atoms with Gasteiger partial charge in [0.05, 0.1) is 18.8 Å². The van der Waals surface area contributed by atoms with E-state index in [0.717, 1.165) is 24.4 Å². The molecule has 3 rings (SSSR count). The fraction of sp³-hybridized carbons (Fsp3) is 0.467. The first-order chi connectivity index (χ1) is 8.78. The number of nitrogens with one attached hydrogen (secondary N) is 1. The van der Waals surface area contributed by atoms with Gasteiger partial charge in [0.1, 0.15) is 11.3 Å². The maximum absolute atomic E-state index is 5.95. The van der Waals surface area contributed by atoms with Crippen molar-refractivity contribution in [3.8, 4) is 0 Å². The molecule has 18 heavy (non-hydrogen) atoms. The predicted molar refractivity (Wildman–Crippen MR) is 71.5 cm³/mol. The van der Waals surface area contributed by atoms with Gasteiger partial charge in [-0.15, -0.1) is 0 Å². The third kappa shape index (κ3) is 2.04. The molecule has 2 heterocycles. The van der Waals surface area contributed by atoms with Crippen molar-refractivity contribution < 1.29 is 9.15 Å². The summed E-state index contributed by atoms with van der Waals surface area (Å²) in [5.74, 6) is 1.51. The highest BCUT2D eigenvalue weighted by Gasteiger charge is 2.31. The summed E-state index contributed by atoms with van der Waals surface area (Å²) in [5, 5.41) is 4.53. The van der Waals surface area contributed by atoms with E-state index in [4.69, 9.17) is 9.15 Å². The topological polar surface area (TPSA) is 34.4 Å². The number of furan rings is 1. The number of benzene rings is 1. The van der Waals surface area contributed by atoms with Crippen LogP contribution in [0.5, 0.6) is 0 Å². The zero-order chi connectivity index (χ0) is 12.5. The number of rotatable bonds is 3. The van der Waals surface area contributed by atoms with Crippen LogP contribution >= 0.6 is 0 Å². The largest absolute Gasteiger partial charge is 0.459 e. The Bertz CT molecular complexity index is 501. The Balaban J connectivity index is 1.91. The molecule has 2 aromatic rings. The van der Waals surface area contributed by atoms with Crippen LogP contribution in [-0.2, 0) is 4.74 Å². The van der Waals surface area contributed by atoms with Crippen LogP contribution in [0.2, 0.25) is 0 Å². The summed E-state index contributed by atoms with van der Waals surface area (Å²) in [4.78, 5) is 0. The van der Waals surface area contributed by atoms with Crippen LogP contribution in [-0.4, -0.2) is 19.8 Å². The van der Waals surface area contributed by atoms with Crippen molar-refractivity contribution >= 4 is 11.0 Å². The lowest BCUT2D eigenvalue weighted by atomic mass is 9.95. The maximum atomic E-state index is 5.95. The molecule has 0 aliphatic carbocycles. The van der Waals surface area contributed by atoms with Crippen LogP contribution in [0.1, 0.15) is 25.1 Å². The SMILES string of the molecule is CNC(c1cc2ccccc2o1)C1COC(C)C1. The number of fused-ring (bicyclic) bond motifs is 1. The molecule has 1 aliphatic heterocycles. The lowest BCUT2D eigenvalue weighted by Gasteiger charge is -2.19.